The topological polar surface area (TPSA) is 69.8 Å². The molecule has 3 aromatic rings. The maximum atomic E-state index is 13.5. The number of rotatable bonds is 6. The second-order valence-corrected chi connectivity index (χ2v) is 5.60. The summed E-state index contributed by atoms with van der Waals surface area (Å²) in [6.45, 7) is 2.49. The van der Waals surface area contributed by atoms with Crippen molar-refractivity contribution < 1.29 is 9.18 Å². The molecular weight excluding hydrogens is 319 g/mol. The Kier molecular flexibility index (Phi) is 5.20. The smallest absolute Gasteiger partial charge is 0.246 e. The molecule has 1 atom stereocenters. The predicted molar refractivity (Wildman–Crippen MR) is 95.5 cm³/mol. The molecule has 0 radical (unpaired) electrons. The average molecular weight is 338 g/mol. The number of carbonyl (C=O) groups is 1. The molecule has 0 saturated carbocycles. The maximum absolute atomic E-state index is 13.5. The zero-order valence-electron chi connectivity index (χ0n) is 13.8. The first-order valence-corrected chi connectivity index (χ1v) is 8.06. The Balaban J connectivity index is 1.75. The van der Waals surface area contributed by atoms with Crippen molar-refractivity contribution in [3.05, 3.63) is 72.3 Å². The van der Waals surface area contributed by atoms with Crippen LogP contribution in [-0.4, -0.2) is 22.6 Å². The molecule has 128 valence electrons. The average Bonchev–Trinajstić information content (AvgIpc) is 3.15. The highest BCUT2D eigenvalue weighted by Gasteiger charge is 2.20. The lowest BCUT2D eigenvalue weighted by atomic mass is 10.1. The van der Waals surface area contributed by atoms with E-state index in [0.717, 1.165) is 11.1 Å². The third-order valence-corrected chi connectivity index (χ3v) is 3.84. The second-order valence-electron chi connectivity index (χ2n) is 5.60. The van der Waals surface area contributed by atoms with Gasteiger partial charge in [0.1, 0.15) is 11.9 Å². The van der Waals surface area contributed by atoms with E-state index in [2.05, 4.69) is 20.8 Å². The number of anilines is 1. The van der Waals surface area contributed by atoms with E-state index in [0.29, 0.717) is 17.8 Å². The minimum absolute atomic E-state index is 0.233. The van der Waals surface area contributed by atoms with E-state index in [1.54, 1.807) is 24.5 Å². The number of hydrogen-bond acceptors (Lipinski definition) is 3. The van der Waals surface area contributed by atoms with E-state index in [4.69, 9.17) is 0 Å². The number of aromatic nitrogens is 2. The molecule has 3 N–H and O–H groups in total. The van der Waals surface area contributed by atoms with E-state index < -0.39 is 6.04 Å². The second kappa shape index (κ2) is 7.72. The van der Waals surface area contributed by atoms with Gasteiger partial charge in [-0.05, 0) is 41.9 Å². The lowest BCUT2D eigenvalue weighted by Gasteiger charge is -2.18. The Bertz CT molecular complexity index is 831. The minimum atomic E-state index is -0.616. The number of carbonyl (C=O) groups excluding carboxylic acids is 1. The molecule has 0 aliphatic heterocycles. The summed E-state index contributed by atoms with van der Waals surface area (Å²) in [6.07, 6.45) is 3.54. The fourth-order valence-corrected chi connectivity index (χ4v) is 2.62. The van der Waals surface area contributed by atoms with Gasteiger partial charge >= 0.3 is 0 Å². The van der Waals surface area contributed by atoms with Crippen molar-refractivity contribution in [1.82, 2.24) is 15.5 Å². The molecule has 1 unspecified atom stereocenters. The van der Waals surface area contributed by atoms with Crippen LogP contribution in [-0.2, 0) is 4.79 Å². The van der Waals surface area contributed by atoms with Crippen molar-refractivity contribution in [3.8, 4) is 11.1 Å². The van der Waals surface area contributed by atoms with Gasteiger partial charge in [-0.15, -0.1) is 0 Å². The molecule has 3 rings (SSSR count). The van der Waals surface area contributed by atoms with Crippen molar-refractivity contribution >= 4 is 11.6 Å². The first-order valence-electron chi connectivity index (χ1n) is 8.06. The van der Waals surface area contributed by atoms with Gasteiger partial charge in [-0.25, -0.2) is 4.39 Å². The van der Waals surface area contributed by atoms with Crippen molar-refractivity contribution in [2.24, 2.45) is 0 Å². The van der Waals surface area contributed by atoms with Crippen molar-refractivity contribution in [3.63, 3.8) is 0 Å². The van der Waals surface area contributed by atoms with Gasteiger partial charge in [-0.1, -0.05) is 31.2 Å². The molecule has 6 heteroatoms. The van der Waals surface area contributed by atoms with Crippen LogP contribution in [0.3, 0.4) is 0 Å². The van der Waals surface area contributed by atoms with E-state index >= 15 is 0 Å². The molecule has 1 aromatic heterocycles. The lowest BCUT2D eigenvalue weighted by Crippen LogP contribution is -2.33. The number of amides is 1. The number of halogens is 1. The van der Waals surface area contributed by atoms with Gasteiger partial charge in [0.2, 0.25) is 5.91 Å². The molecule has 1 amide bonds. The number of nitrogens with one attached hydrogen (secondary N) is 3. The largest absolute Gasteiger partial charge is 0.324 e. The van der Waals surface area contributed by atoms with Crippen LogP contribution in [0.15, 0.2) is 60.9 Å². The molecular formula is C19H19FN4O. The normalized spacial score (nSPS) is 11.9. The Morgan fingerprint density at radius 3 is 2.64 bits per heavy atom. The summed E-state index contributed by atoms with van der Waals surface area (Å²) >= 11 is 0. The van der Waals surface area contributed by atoms with Gasteiger partial charge in [0.15, 0.2) is 0 Å². The lowest BCUT2D eigenvalue weighted by molar-refractivity contribution is -0.118. The first kappa shape index (κ1) is 16.9. The fourth-order valence-electron chi connectivity index (χ4n) is 2.62. The van der Waals surface area contributed by atoms with Crippen LogP contribution in [0.2, 0.25) is 0 Å². The molecule has 0 spiro atoms. The molecule has 5 nitrogen and oxygen atoms in total. The van der Waals surface area contributed by atoms with Gasteiger partial charge in [0, 0.05) is 17.4 Å². The van der Waals surface area contributed by atoms with Gasteiger partial charge in [-0.3, -0.25) is 9.89 Å². The highest BCUT2D eigenvalue weighted by Crippen LogP contribution is 2.21. The van der Waals surface area contributed by atoms with Gasteiger partial charge in [-0.2, -0.15) is 5.10 Å². The van der Waals surface area contributed by atoms with Crippen molar-refractivity contribution in [2.45, 2.75) is 13.0 Å². The van der Waals surface area contributed by atoms with Crippen molar-refractivity contribution in [2.75, 3.05) is 11.9 Å². The van der Waals surface area contributed by atoms with Crippen LogP contribution >= 0.6 is 0 Å². The Hall–Kier alpha value is -2.99. The van der Waals surface area contributed by atoms with E-state index in [9.17, 15) is 9.18 Å². The number of H-pyrrole nitrogens is 1. The summed E-state index contributed by atoms with van der Waals surface area (Å²) in [4.78, 5) is 12.6. The molecule has 25 heavy (non-hydrogen) atoms. The van der Waals surface area contributed by atoms with Crippen LogP contribution in [0.1, 0.15) is 18.5 Å². The number of aromatic amines is 1. The molecule has 0 aliphatic carbocycles. The summed E-state index contributed by atoms with van der Waals surface area (Å²) in [5.74, 6) is -0.596. The number of benzene rings is 2. The number of likely N-dealkylation sites (N-methyl/N-ethyl adjacent to an activating group) is 1. The zero-order valence-corrected chi connectivity index (χ0v) is 13.8. The molecule has 0 saturated heterocycles. The predicted octanol–water partition coefficient (Wildman–Crippen LogP) is 3.51. The van der Waals surface area contributed by atoms with E-state index in [-0.39, 0.29) is 11.7 Å². The van der Waals surface area contributed by atoms with Crippen LogP contribution in [0.4, 0.5) is 10.1 Å². The third-order valence-electron chi connectivity index (χ3n) is 3.84. The molecule has 2 aromatic carbocycles. The molecule has 1 heterocycles. The van der Waals surface area contributed by atoms with Crippen molar-refractivity contribution in [1.29, 1.82) is 0 Å². The first-order chi connectivity index (χ1) is 12.2. The van der Waals surface area contributed by atoms with Gasteiger partial charge in [0.25, 0.3) is 0 Å². The molecule has 0 bridgehead atoms. The molecule has 0 aliphatic rings. The maximum Gasteiger partial charge on any atom is 0.246 e. The summed E-state index contributed by atoms with van der Waals surface area (Å²) in [5.41, 5.74) is 3.24. The van der Waals surface area contributed by atoms with Crippen LogP contribution in [0.25, 0.3) is 11.1 Å². The summed E-state index contributed by atoms with van der Waals surface area (Å²) in [5, 5.41) is 12.6. The van der Waals surface area contributed by atoms with Crippen LogP contribution in [0.5, 0.6) is 0 Å². The van der Waals surface area contributed by atoms with Crippen LogP contribution < -0.4 is 10.6 Å². The van der Waals surface area contributed by atoms with E-state index in [1.807, 2.05) is 31.2 Å². The Morgan fingerprint density at radius 2 is 2.00 bits per heavy atom. The summed E-state index contributed by atoms with van der Waals surface area (Å²) < 4.78 is 13.5. The van der Waals surface area contributed by atoms with E-state index in [1.165, 1.54) is 12.1 Å². The minimum Gasteiger partial charge on any atom is -0.324 e. The number of hydrogen-bond donors (Lipinski definition) is 3. The quantitative estimate of drug-likeness (QED) is 0.644. The highest BCUT2D eigenvalue weighted by molar-refractivity contribution is 5.95. The standard InChI is InChI=1S/C19H19FN4O/c1-2-21-18(14-4-3-5-16(20)10-14)19(25)24-17-8-6-13(7-9-17)15-11-22-23-12-15/h3-12,18,21H,2H2,1H3,(H,22,23)(H,24,25). The number of nitrogens with zero attached hydrogens (tertiary/aromatic N) is 1. The summed E-state index contributed by atoms with van der Waals surface area (Å²) in [7, 11) is 0. The molecule has 0 fully saturated rings. The third kappa shape index (κ3) is 4.10. The Labute approximate surface area is 145 Å². The Morgan fingerprint density at radius 1 is 1.20 bits per heavy atom. The van der Waals surface area contributed by atoms with Gasteiger partial charge in [0.05, 0.1) is 6.20 Å². The summed E-state index contributed by atoms with van der Waals surface area (Å²) in [6, 6.07) is 12.9. The highest BCUT2D eigenvalue weighted by atomic mass is 19.1. The monoisotopic (exact) mass is 338 g/mol. The zero-order chi connectivity index (χ0) is 17.6. The SMILES string of the molecule is CCNC(C(=O)Nc1ccc(-c2cn[nH]c2)cc1)c1cccc(F)c1. The fraction of sp³-hybridized carbons (Fsp3) is 0.158. The van der Waals surface area contributed by atoms with Gasteiger partial charge < -0.3 is 10.6 Å². The van der Waals surface area contributed by atoms with Crippen LogP contribution in [0, 0.1) is 5.82 Å².